The lowest BCUT2D eigenvalue weighted by molar-refractivity contribution is -0.143. The third kappa shape index (κ3) is 5.66. The van der Waals surface area contributed by atoms with E-state index in [4.69, 9.17) is 9.84 Å². The number of imide groups is 1. The normalized spacial score (nSPS) is 16.2. The van der Waals surface area contributed by atoms with Gasteiger partial charge in [0.15, 0.2) is 0 Å². The minimum Gasteiger partial charge on any atom is -0.480 e. The highest BCUT2D eigenvalue weighted by molar-refractivity contribution is 5.95. The van der Waals surface area contributed by atoms with Gasteiger partial charge in [0.2, 0.25) is 0 Å². The van der Waals surface area contributed by atoms with Gasteiger partial charge in [-0.2, -0.15) is 0 Å². The lowest BCUT2D eigenvalue weighted by atomic mass is 10.1. The van der Waals surface area contributed by atoms with Gasteiger partial charge in [-0.1, -0.05) is 0 Å². The Morgan fingerprint density at radius 2 is 1.89 bits per heavy atom. The summed E-state index contributed by atoms with van der Waals surface area (Å²) < 4.78 is 9.75. The first-order chi connectivity index (χ1) is 9.02. The second-order valence-electron chi connectivity index (χ2n) is 4.16. The van der Waals surface area contributed by atoms with Gasteiger partial charge in [0.1, 0.15) is 13.2 Å². The van der Waals surface area contributed by atoms with Crippen molar-refractivity contribution in [2.24, 2.45) is 0 Å². The molecule has 1 aliphatic rings. The first kappa shape index (κ1) is 15.4. The van der Waals surface area contributed by atoms with Gasteiger partial charge in [-0.25, -0.2) is 9.59 Å². The Labute approximate surface area is 110 Å². The number of nitrogens with one attached hydrogen (secondary N) is 1. The second-order valence-corrected chi connectivity index (χ2v) is 4.16. The van der Waals surface area contributed by atoms with E-state index in [2.05, 4.69) is 10.1 Å². The van der Waals surface area contributed by atoms with Crippen LogP contribution in [-0.2, 0) is 19.1 Å². The molecule has 1 heterocycles. The summed E-state index contributed by atoms with van der Waals surface area (Å²) in [5.41, 5.74) is 0. The molecule has 0 radical (unpaired) electrons. The Hall–Kier alpha value is -1.67. The molecule has 1 saturated heterocycles. The summed E-state index contributed by atoms with van der Waals surface area (Å²) in [7, 11) is 1.63. The summed E-state index contributed by atoms with van der Waals surface area (Å²) in [4.78, 5) is 34.7. The maximum atomic E-state index is 11.7. The summed E-state index contributed by atoms with van der Waals surface area (Å²) in [6, 6.07) is -0.488. The second kappa shape index (κ2) is 7.70. The van der Waals surface area contributed by atoms with Crippen molar-refractivity contribution in [2.45, 2.75) is 18.9 Å². The number of likely N-dealkylation sites (tertiary alicyclic amines) is 1. The number of carboxylic acids is 1. The summed E-state index contributed by atoms with van der Waals surface area (Å²) in [6.45, 7) is 0.0224. The molecule has 0 aromatic heterocycles. The van der Waals surface area contributed by atoms with E-state index in [9.17, 15) is 14.4 Å². The van der Waals surface area contributed by atoms with Crippen LogP contribution in [0, 0.1) is 0 Å². The van der Waals surface area contributed by atoms with Crippen LogP contribution in [0.15, 0.2) is 0 Å². The van der Waals surface area contributed by atoms with Gasteiger partial charge in [-0.05, 0) is 12.8 Å². The standard InChI is InChI=1S/C11H18N2O6/c1-18-8-2-4-13(5-3-8)11(17)12-9(14)6-19-7-10(15)16/h8H,2-7H2,1H3,(H,15,16)(H,12,14,17). The molecule has 0 atom stereocenters. The summed E-state index contributed by atoms with van der Waals surface area (Å²) in [6.07, 6.45) is 1.61. The number of nitrogens with zero attached hydrogens (tertiary/aromatic N) is 1. The number of urea groups is 1. The van der Waals surface area contributed by atoms with Crippen LogP contribution in [-0.4, -0.2) is 67.4 Å². The molecule has 1 rings (SSSR count). The van der Waals surface area contributed by atoms with Crippen molar-refractivity contribution in [3.63, 3.8) is 0 Å². The highest BCUT2D eigenvalue weighted by Gasteiger charge is 2.23. The maximum Gasteiger partial charge on any atom is 0.329 e. The average molecular weight is 274 g/mol. The first-order valence-electron chi connectivity index (χ1n) is 5.94. The number of rotatable bonds is 5. The Bertz CT molecular complexity index is 338. The fourth-order valence-electron chi connectivity index (χ4n) is 1.76. The maximum absolute atomic E-state index is 11.7. The molecular weight excluding hydrogens is 256 g/mol. The van der Waals surface area contributed by atoms with Crippen molar-refractivity contribution in [3.8, 4) is 0 Å². The molecule has 0 spiro atoms. The topological polar surface area (TPSA) is 105 Å². The van der Waals surface area contributed by atoms with Crippen molar-refractivity contribution >= 4 is 17.9 Å². The van der Waals surface area contributed by atoms with Crippen molar-refractivity contribution < 1.29 is 29.0 Å². The Balaban J connectivity index is 2.23. The number of carbonyl (C=O) groups excluding carboxylic acids is 2. The van der Waals surface area contributed by atoms with Crippen LogP contribution >= 0.6 is 0 Å². The molecule has 1 fully saturated rings. The molecule has 19 heavy (non-hydrogen) atoms. The van der Waals surface area contributed by atoms with Gasteiger partial charge >= 0.3 is 12.0 Å². The van der Waals surface area contributed by atoms with Gasteiger partial charge in [-0.3, -0.25) is 10.1 Å². The van der Waals surface area contributed by atoms with Crippen molar-refractivity contribution in [1.29, 1.82) is 0 Å². The van der Waals surface area contributed by atoms with E-state index in [1.807, 2.05) is 0 Å². The minimum absolute atomic E-state index is 0.152. The zero-order chi connectivity index (χ0) is 14.3. The average Bonchev–Trinajstić information content (AvgIpc) is 2.38. The van der Waals surface area contributed by atoms with E-state index in [0.717, 1.165) is 12.8 Å². The van der Waals surface area contributed by atoms with E-state index < -0.39 is 31.1 Å². The number of aliphatic carboxylic acids is 1. The predicted molar refractivity (Wildman–Crippen MR) is 63.6 cm³/mol. The molecule has 1 aliphatic heterocycles. The lowest BCUT2D eigenvalue weighted by Crippen LogP contribution is -2.48. The van der Waals surface area contributed by atoms with E-state index in [1.54, 1.807) is 7.11 Å². The van der Waals surface area contributed by atoms with Gasteiger partial charge in [0.05, 0.1) is 6.10 Å². The molecule has 0 bridgehead atoms. The van der Waals surface area contributed by atoms with Crippen molar-refractivity contribution in [2.75, 3.05) is 33.4 Å². The van der Waals surface area contributed by atoms with E-state index in [0.29, 0.717) is 13.1 Å². The molecular formula is C11H18N2O6. The number of methoxy groups -OCH3 is 1. The number of ether oxygens (including phenoxy) is 2. The van der Waals surface area contributed by atoms with Crippen molar-refractivity contribution in [1.82, 2.24) is 10.2 Å². The van der Waals surface area contributed by atoms with E-state index in [-0.39, 0.29) is 6.10 Å². The van der Waals surface area contributed by atoms with Crippen LogP contribution in [0.5, 0.6) is 0 Å². The molecule has 108 valence electrons. The number of amides is 3. The zero-order valence-corrected chi connectivity index (χ0v) is 10.8. The zero-order valence-electron chi connectivity index (χ0n) is 10.8. The molecule has 0 aliphatic carbocycles. The highest BCUT2D eigenvalue weighted by atomic mass is 16.5. The lowest BCUT2D eigenvalue weighted by Gasteiger charge is -2.30. The quantitative estimate of drug-likeness (QED) is 0.696. The molecule has 0 aromatic rings. The van der Waals surface area contributed by atoms with Gasteiger partial charge in [0, 0.05) is 20.2 Å². The fraction of sp³-hybridized carbons (Fsp3) is 0.727. The Kier molecular flexibility index (Phi) is 6.23. The van der Waals surface area contributed by atoms with Crippen molar-refractivity contribution in [3.05, 3.63) is 0 Å². The van der Waals surface area contributed by atoms with E-state index in [1.165, 1.54) is 4.90 Å². The van der Waals surface area contributed by atoms with Crippen LogP contribution < -0.4 is 5.32 Å². The van der Waals surface area contributed by atoms with Crippen LogP contribution in [0.25, 0.3) is 0 Å². The monoisotopic (exact) mass is 274 g/mol. The summed E-state index contributed by atoms with van der Waals surface area (Å²) in [5, 5.41) is 10.5. The number of hydrogen-bond acceptors (Lipinski definition) is 5. The molecule has 0 aromatic carbocycles. The Morgan fingerprint density at radius 1 is 1.26 bits per heavy atom. The third-order valence-corrected chi connectivity index (χ3v) is 2.77. The molecule has 8 nitrogen and oxygen atoms in total. The molecule has 0 saturated carbocycles. The molecule has 8 heteroatoms. The van der Waals surface area contributed by atoms with Crippen LogP contribution in [0.2, 0.25) is 0 Å². The predicted octanol–water partition coefficient (Wildman–Crippen LogP) is -0.565. The fourth-order valence-corrected chi connectivity index (χ4v) is 1.76. The SMILES string of the molecule is COC1CCN(C(=O)NC(=O)COCC(=O)O)CC1. The highest BCUT2D eigenvalue weighted by Crippen LogP contribution is 2.12. The number of carboxylic acid groups (broad SMARTS) is 1. The molecule has 3 amide bonds. The Morgan fingerprint density at radius 3 is 2.42 bits per heavy atom. The largest absolute Gasteiger partial charge is 0.480 e. The minimum atomic E-state index is -1.17. The van der Waals surface area contributed by atoms with Crippen LogP contribution in [0.3, 0.4) is 0 Å². The van der Waals surface area contributed by atoms with E-state index >= 15 is 0 Å². The number of piperidine rings is 1. The smallest absolute Gasteiger partial charge is 0.329 e. The molecule has 0 unspecified atom stereocenters. The third-order valence-electron chi connectivity index (χ3n) is 2.77. The first-order valence-corrected chi connectivity index (χ1v) is 5.94. The number of hydrogen-bond donors (Lipinski definition) is 2. The van der Waals surface area contributed by atoms with Crippen LogP contribution in [0.4, 0.5) is 4.79 Å². The number of carbonyl (C=O) groups is 3. The van der Waals surface area contributed by atoms with Gasteiger partial charge < -0.3 is 19.5 Å². The molecule has 2 N–H and O–H groups in total. The van der Waals surface area contributed by atoms with Crippen LogP contribution in [0.1, 0.15) is 12.8 Å². The summed E-state index contributed by atoms with van der Waals surface area (Å²) in [5.74, 6) is -1.82. The summed E-state index contributed by atoms with van der Waals surface area (Å²) >= 11 is 0. The van der Waals surface area contributed by atoms with Gasteiger partial charge in [-0.15, -0.1) is 0 Å². The van der Waals surface area contributed by atoms with Gasteiger partial charge in [0.25, 0.3) is 5.91 Å².